The molecule has 5 rings (SSSR count). The highest BCUT2D eigenvalue weighted by atomic mass is 32.1. The first-order valence-corrected chi connectivity index (χ1v) is 8.78. The predicted octanol–water partition coefficient (Wildman–Crippen LogP) is 5.75. The van der Waals surface area contributed by atoms with Crippen molar-refractivity contribution in [3.05, 3.63) is 76.2 Å². The van der Waals surface area contributed by atoms with Gasteiger partial charge in [0, 0.05) is 16.6 Å². The van der Waals surface area contributed by atoms with Crippen molar-refractivity contribution in [1.29, 1.82) is 0 Å². The highest BCUT2D eigenvalue weighted by Gasteiger charge is 2.08. The van der Waals surface area contributed by atoms with Crippen LogP contribution in [0.1, 0.15) is 16.3 Å². The first-order valence-electron chi connectivity index (χ1n) is 7.90. The number of aryl methyl sites for hydroxylation is 1. The second kappa shape index (κ2) is 5.06. The van der Waals surface area contributed by atoms with Crippen molar-refractivity contribution in [3.63, 3.8) is 0 Å². The summed E-state index contributed by atoms with van der Waals surface area (Å²) < 4.78 is 0. The molecule has 0 N–H and O–H groups in total. The van der Waals surface area contributed by atoms with E-state index in [9.17, 15) is 0 Å². The Labute approximate surface area is 143 Å². The Morgan fingerprint density at radius 2 is 1.42 bits per heavy atom. The molecule has 0 bridgehead atoms. The van der Waals surface area contributed by atoms with Crippen molar-refractivity contribution in [3.8, 4) is 11.8 Å². The van der Waals surface area contributed by atoms with Crippen LogP contribution < -0.4 is 0 Å². The fraction of sp³-hybridized carbons (Fsp3) is 0.0455. The summed E-state index contributed by atoms with van der Waals surface area (Å²) in [6.45, 7) is 2.00. The van der Waals surface area contributed by atoms with Crippen LogP contribution in [0.2, 0.25) is 0 Å². The van der Waals surface area contributed by atoms with Crippen molar-refractivity contribution in [2.24, 2.45) is 0 Å². The molecular formula is C22H13NS. The minimum absolute atomic E-state index is 0.873. The maximum absolute atomic E-state index is 4.41. The summed E-state index contributed by atoms with van der Waals surface area (Å²) in [6, 6.07) is 19.6. The van der Waals surface area contributed by atoms with Gasteiger partial charge in [-0.25, -0.2) is 4.98 Å². The number of hydrogen-bond donors (Lipinski definition) is 0. The van der Waals surface area contributed by atoms with Crippen LogP contribution in [0.25, 0.3) is 32.3 Å². The summed E-state index contributed by atoms with van der Waals surface area (Å²) in [6.07, 6.45) is 0. The van der Waals surface area contributed by atoms with Gasteiger partial charge in [-0.3, -0.25) is 0 Å². The van der Waals surface area contributed by atoms with E-state index in [0.717, 1.165) is 16.3 Å². The number of nitrogens with zero attached hydrogens (tertiary/aromatic N) is 1. The fourth-order valence-electron chi connectivity index (χ4n) is 3.36. The first-order chi connectivity index (χ1) is 11.8. The molecule has 0 spiro atoms. The SMILES string of the molecule is Cc1csc(C#Cc2cc3ccc4cccc5ccc(c2)c3c45)n1. The van der Waals surface area contributed by atoms with Crippen molar-refractivity contribution >= 4 is 43.7 Å². The van der Waals surface area contributed by atoms with E-state index in [-0.39, 0.29) is 0 Å². The fourth-order valence-corrected chi connectivity index (χ4v) is 4.00. The lowest BCUT2D eigenvalue weighted by Gasteiger charge is -2.10. The van der Waals surface area contributed by atoms with E-state index in [0.29, 0.717) is 0 Å². The van der Waals surface area contributed by atoms with E-state index in [1.807, 2.05) is 12.3 Å². The molecule has 112 valence electrons. The molecule has 5 aromatic rings. The van der Waals surface area contributed by atoms with Gasteiger partial charge < -0.3 is 0 Å². The Bertz CT molecular complexity index is 1200. The zero-order valence-electron chi connectivity index (χ0n) is 13.1. The minimum Gasteiger partial charge on any atom is -0.233 e. The van der Waals surface area contributed by atoms with Crippen LogP contribution in [0, 0.1) is 18.8 Å². The highest BCUT2D eigenvalue weighted by molar-refractivity contribution is 7.10. The van der Waals surface area contributed by atoms with E-state index in [1.54, 1.807) is 11.3 Å². The quantitative estimate of drug-likeness (QED) is 0.261. The van der Waals surface area contributed by atoms with E-state index >= 15 is 0 Å². The third-order valence-corrected chi connectivity index (χ3v) is 5.27. The van der Waals surface area contributed by atoms with Gasteiger partial charge in [0.2, 0.25) is 0 Å². The summed E-state index contributed by atoms with van der Waals surface area (Å²) >= 11 is 1.60. The van der Waals surface area contributed by atoms with Gasteiger partial charge in [-0.05, 0) is 57.3 Å². The van der Waals surface area contributed by atoms with Crippen molar-refractivity contribution < 1.29 is 0 Å². The van der Waals surface area contributed by atoms with E-state index < -0.39 is 0 Å². The Balaban J connectivity index is 1.76. The van der Waals surface area contributed by atoms with Crippen LogP contribution in [0.3, 0.4) is 0 Å². The normalized spacial score (nSPS) is 11.2. The van der Waals surface area contributed by atoms with Crippen LogP contribution in [0.4, 0.5) is 0 Å². The molecule has 0 aliphatic rings. The standard InChI is InChI=1S/C22H13NS/c1-14-13-24-20(23-14)10-5-15-11-18-8-6-16-3-2-4-17-7-9-19(12-15)22(18)21(16)17/h2-4,6-9,11-13H,1H3. The van der Waals surface area contributed by atoms with Crippen LogP contribution in [0.5, 0.6) is 0 Å². The maximum atomic E-state index is 4.41. The lowest BCUT2D eigenvalue weighted by atomic mass is 9.93. The maximum Gasteiger partial charge on any atom is 0.167 e. The van der Waals surface area contributed by atoms with Gasteiger partial charge in [0.05, 0.1) is 0 Å². The average Bonchev–Trinajstić information content (AvgIpc) is 3.03. The van der Waals surface area contributed by atoms with Gasteiger partial charge in [0.1, 0.15) is 0 Å². The third-order valence-electron chi connectivity index (χ3n) is 4.40. The second-order valence-corrected chi connectivity index (χ2v) is 6.91. The second-order valence-electron chi connectivity index (χ2n) is 6.05. The van der Waals surface area contributed by atoms with E-state index in [1.165, 1.54) is 32.3 Å². The van der Waals surface area contributed by atoms with Crippen molar-refractivity contribution in [2.75, 3.05) is 0 Å². The first kappa shape index (κ1) is 13.5. The summed E-state index contributed by atoms with van der Waals surface area (Å²) in [5.41, 5.74) is 2.06. The molecule has 0 radical (unpaired) electrons. The molecule has 0 aliphatic heterocycles. The van der Waals surface area contributed by atoms with E-state index in [2.05, 4.69) is 71.4 Å². The molecule has 1 aromatic heterocycles. The van der Waals surface area contributed by atoms with Gasteiger partial charge in [-0.15, -0.1) is 11.3 Å². The molecule has 1 heterocycles. The topological polar surface area (TPSA) is 12.9 Å². The minimum atomic E-state index is 0.873. The monoisotopic (exact) mass is 323 g/mol. The lowest BCUT2D eigenvalue weighted by Crippen LogP contribution is -1.85. The smallest absolute Gasteiger partial charge is 0.167 e. The van der Waals surface area contributed by atoms with Crippen LogP contribution in [-0.2, 0) is 0 Å². The van der Waals surface area contributed by atoms with Crippen LogP contribution >= 0.6 is 11.3 Å². The Morgan fingerprint density at radius 3 is 2.04 bits per heavy atom. The molecule has 24 heavy (non-hydrogen) atoms. The third kappa shape index (κ3) is 2.06. The number of aromatic nitrogens is 1. The van der Waals surface area contributed by atoms with Gasteiger partial charge in [-0.1, -0.05) is 48.4 Å². The van der Waals surface area contributed by atoms with Crippen molar-refractivity contribution in [2.45, 2.75) is 6.92 Å². The number of thiazole rings is 1. The Morgan fingerprint density at radius 1 is 0.792 bits per heavy atom. The summed E-state index contributed by atoms with van der Waals surface area (Å²) in [5, 5.41) is 10.7. The van der Waals surface area contributed by atoms with E-state index in [4.69, 9.17) is 0 Å². The lowest BCUT2D eigenvalue weighted by molar-refractivity contribution is 1.25. The molecule has 0 aliphatic carbocycles. The number of benzene rings is 4. The summed E-state index contributed by atoms with van der Waals surface area (Å²) in [4.78, 5) is 4.41. The van der Waals surface area contributed by atoms with Gasteiger partial charge in [-0.2, -0.15) is 0 Å². The van der Waals surface area contributed by atoms with Crippen LogP contribution in [0.15, 0.2) is 60.0 Å². The van der Waals surface area contributed by atoms with Gasteiger partial charge >= 0.3 is 0 Å². The Kier molecular flexibility index (Phi) is 2.85. The number of hydrogen-bond acceptors (Lipinski definition) is 2. The number of rotatable bonds is 0. The molecule has 0 amide bonds. The molecule has 1 nitrogen and oxygen atoms in total. The largest absolute Gasteiger partial charge is 0.233 e. The van der Waals surface area contributed by atoms with Crippen LogP contribution in [-0.4, -0.2) is 4.98 Å². The average molecular weight is 323 g/mol. The summed E-state index contributed by atoms with van der Waals surface area (Å²) in [5.74, 6) is 6.46. The molecule has 4 aromatic carbocycles. The highest BCUT2D eigenvalue weighted by Crippen LogP contribution is 2.34. The molecule has 0 saturated heterocycles. The summed E-state index contributed by atoms with van der Waals surface area (Å²) in [7, 11) is 0. The Hall–Kier alpha value is -2.89. The zero-order valence-corrected chi connectivity index (χ0v) is 13.9. The predicted molar refractivity (Wildman–Crippen MR) is 103 cm³/mol. The molecule has 2 heteroatoms. The van der Waals surface area contributed by atoms with Gasteiger partial charge in [0.15, 0.2) is 5.01 Å². The van der Waals surface area contributed by atoms with Gasteiger partial charge in [0.25, 0.3) is 0 Å². The molecular weight excluding hydrogens is 310 g/mol. The van der Waals surface area contributed by atoms with Crippen molar-refractivity contribution in [1.82, 2.24) is 4.98 Å². The molecule has 0 unspecified atom stereocenters. The molecule has 0 atom stereocenters. The zero-order chi connectivity index (χ0) is 16.1. The molecule has 0 saturated carbocycles. The molecule has 0 fully saturated rings.